The van der Waals surface area contributed by atoms with Gasteiger partial charge in [-0.15, -0.1) is 0 Å². The summed E-state index contributed by atoms with van der Waals surface area (Å²) in [6.07, 6.45) is 3.53. The van der Waals surface area contributed by atoms with Crippen LogP contribution in [0.4, 0.5) is 0 Å². The highest BCUT2D eigenvalue weighted by Crippen LogP contribution is 2.49. The monoisotopic (exact) mass is 206 g/mol. The van der Waals surface area contributed by atoms with Crippen LogP contribution < -0.4 is 5.73 Å². The quantitative estimate of drug-likeness (QED) is 0.736. The molecule has 0 spiro atoms. The van der Waals surface area contributed by atoms with E-state index in [9.17, 15) is 4.79 Å². The first-order chi connectivity index (χ1) is 7.20. The highest BCUT2D eigenvalue weighted by molar-refractivity contribution is 5.78. The van der Waals surface area contributed by atoms with Crippen LogP contribution in [0.1, 0.15) is 18.5 Å². The average molecular weight is 206 g/mol. The van der Waals surface area contributed by atoms with Crippen molar-refractivity contribution in [1.82, 2.24) is 4.98 Å². The summed E-state index contributed by atoms with van der Waals surface area (Å²) in [6, 6.07) is 5.07. The van der Waals surface area contributed by atoms with Crippen molar-refractivity contribution in [3.8, 4) is 0 Å². The van der Waals surface area contributed by atoms with E-state index < -0.39 is 6.04 Å². The Hall–Kier alpha value is -1.42. The predicted molar refractivity (Wildman–Crippen MR) is 55.1 cm³/mol. The molecule has 1 aliphatic rings. The van der Waals surface area contributed by atoms with Gasteiger partial charge >= 0.3 is 5.97 Å². The zero-order chi connectivity index (χ0) is 10.9. The normalized spacial score (nSPS) is 19.3. The number of esters is 1. The molecular weight excluding hydrogens is 192 g/mol. The summed E-state index contributed by atoms with van der Waals surface area (Å²) in [5.41, 5.74) is 6.49. The Bertz CT molecular complexity index is 360. The van der Waals surface area contributed by atoms with Gasteiger partial charge in [-0.05, 0) is 25.0 Å². The molecule has 2 rings (SSSR count). The molecule has 2 N–H and O–H groups in total. The van der Waals surface area contributed by atoms with Crippen LogP contribution >= 0.6 is 0 Å². The fourth-order valence-electron chi connectivity index (χ4n) is 1.87. The van der Waals surface area contributed by atoms with Crippen LogP contribution in [0.5, 0.6) is 0 Å². The highest BCUT2D eigenvalue weighted by atomic mass is 16.5. The van der Waals surface area contributed by atoms with Gasteiger partial charge < -0.3 is 10.5 Å². The predicted octanol–water partition coefficient (Wildman–Crippen LogP) is 0.613. The molecule has 0 saturated heterocycles. The SMILES string of the molecule is COC(=O)C(N)C1(c2ccccn2)CC1. The van der Waals surface area contributed by atoms with E-state index in [1.165, 1.54) is 7.11 Å². The summed E-state index contributed by atoms with van der Waals surface area (Å²) in [4.78, 5) is 15.7. The molecule has 1 unspecified atom stereocenters. The van der Waals surface area contributed by atoms with Crippen molar-refractivity contribution in [3.63, 3.8) is 0 Å². The molecule has 1 aliphatic carbocycles. The second-order valence-corrected chi connectivity index (χ2v) is 3.87. The lowest BCUT2D eigenvalue weighted by Gasteiger charge is -2.20. The van der Waals surface area contributed by atoms with Gasteiger partial charge in [0.15, 0.2) is 0 Å². The largest absolute Gasteiger partial charge is 0.468 e. The lowest BCUT2D eigenvalue weighted by molar-refractivity contribution is -0.143. The fraction of sp³-hybridized carbons (Fsp3) is 0.455. The Morgan fingerprint density at radius 1 is 1.60 bits per heavy atom. The molecule has 1 atom stereocenters. The number of rotatable bonds is 3. The molecule has 80 valence electrons. The summed E-state index contributed by atoms with van der Waals surface area (Å²) < 4.78 is 4.67. The minimum absolute atomic E-state index is 0.283. The first-order valence-electron chi connectivity index (χ1n) is 4.95. The van der Waals surface area contributed by atoms with E-state index in [0.717, 1.165) is 18.5 Å². The first-order valence-corrected chi connectivity index (χ1v) is 4.95. The minimum Gasteiger partial charge on any atom is -0.468 e. The van der Waals surface area contributed by atoms with Gasteiger partial charge in [-0.2, -0.15) is 0 Å². The summed E-state index contributed by atoms with van der Waals surface area (Å²) in [5, 5.41) is 0. The number of ether oxygens (including phenoxy) is 1. The lowest BCUT2D eigenvalue weighted by atomic mass is 9.92. The first kappa shape index (κ1) is 10.1. The van der Waals surface area contributed by atoms with Gasteiger partial charge in [0.1, 0.15) is 6.04 Å². The van der Waals surface area contributed by atoms with Crippen molar-refractivity contribution in [2.45, 2.75) is 24.3 Å². The number of carbonyl (C=O) groups excluding carboxylic acids is 1. The van der Waals surface area contributed by atoms with Crippen LogP contribution in [0.15, 0.2) is 24.4 Å². The highest BCUT2D eigenvalue weighted by Gasteiger charge is 2.53. The van der Waals surface area contributed by atoms with Crippen LogP contribution in [-0.2, 0) is 14.9 Å². The maximum atomic E-state index is 11.4. The third kappa shape index (κ3) is 1.61. The molecule has 0 bridgehead atoms. The van der Waals surface area contributed by atoms with Gasteiger partial charge in [-0.25, -0.2) is 0 Å². The van der Waals surface area contributed by atoms with Crippen molar-refractivity contribution in [2.75, 3.05) is 7.11 Å². The maximum Gasteiger partial charge on any atom is 0.323 e. The van der Waals surface area contributed by atoms with E-state index in [1.807, 2.05) is 18.2 Å². The van der Waals surface area contributed by atoms with Crippen LogP contribution in [0.3, 0.4) is 0 Å². The Morgan fingerprint density at radius 3 is 2.80 bits per heavy atom. The standard InChI is InChI=1S/C11H14N2O2/c1-15-10(14)9(12)11(5-6-11)8-4-2-3-7-13-8/h2-4,7,9H,5-6,12H2,1H3. The number of aromatic nitrogens is 1. The average Bonchev–Trinajstić information content (AvgIpc) is 3.09. The van der Waals surface area contributed by atoms with Crippen molar-refractivity contribution in [2.24, 2.45) is 5.73 Å². The fourth-order valence-corrected chi connectivity index (χ4v) is 1.87. The molecule has 0 radical (unpaired) electrons. The number of methoxy groups -OCH3 is 1. The molecule has 1 aromatic rings. The summed E-state index contributed by atoms with van der Waals surface area (Å²) in [7, 11) is 1.36. The van der Waals surface area contributed by atoms with Crippen molar-refractivity contribution >= 4 is 5.97 Å². The van der Waals surface area contributed by atoms with E-state index in [4.69, 9.17) is 5.73 Å². The molecule has 0 aliphatic heterocycles. The second-order valence-electron chi connectivity index (χ2n) is 3.87. The molecular formula is C11H14N2O2. The topological polar surface area (TPSA) is 65.2 Å². The summed E-state index contributed by atoms with van der Waals surface area (Å²) >= 11 is 0. The second kappa shape index (κ2) is 3.62. The van der Waals surface area contributed by atoms with Crippen molar-refractivity contribution in [3.05, 3.63) is 30.1 Å². The molecule has 1 heterocycles. The molecule has 4 nitrogen and oxygen atoms in total. The smallest absolute Gasteiger partial charge is 0.323 e. The maximum absolute atomic E-state index is 11.4. The molecule has 1 fully saturated rings. The number of nitrogens with two attached hydrogens (primary N) is 1. The molecule has 1 saturated carbocycles. The Labute approximate surface area is 88.4 Å². The Kier molecular flexibility index (Phi) is 2.44. The van der Waals surface area contributed by atoms with E-state index in [-0.39, 0.29) is 11.4 Å². The zero-order valence-electron chi connectivity index (χ0n) is 8.64. The third-order valence-corrected chi connectivity index (χ3v) is 3.01. The lowest BCUT2D eigenvalue weighted by Crippen LogP contribution is -2.43. The van der Waals surface area contributed by atoms with Crippen LogP contribution in [0, 0.1) is 0 Å². The van der Waals surface area contributed by atoms with Crippen LogP contribution in [0.2, 0.25) is 0 Å². The van der Waals surface area contributed by atoms with Gasteiger partial charge in [-0.3, -0.25) is 9.78 Å². The Morgan fingerprint density at radius 2 is 2.33 bits per heavy atom. The van der Waals surface area contributed by atoms with Crippen LogP contribution in [0.25, 0.3) is 0 Å². The molecule has 0 amide bonds. The van der Waals surface area contributed by atoms with Gasteiger partial charge in [0, 0.05) is 17.3 Å². The van der Waals surface area contributed by atoms with Crippen molar-refractivity contribution < 1.29 is 9.53 Å². The van der Waals surface area contributed by atoms with E-state index in [0.29, 0.717) is 0 Å². The Balaban J connectivity index is 2.25. The van der Waals surface area contributed by atoms with Gasteiger partial charge in [0.2, 0.25) is 0 Å². The van der Waals surface area contributed by atoms with Gasteiger partial charge in [0.25, 0.3) is 0 Å². The van der Waals surface area contributed by atoms with Crippen molar-refractivity contribution in [1.29, 1.82) is 0 Å². The number of carbonyl (C=O) groups is 1. The zero-order valence-corrected chi connectivity index (χ0v) is 8.64. The van der Waals surface area contributed by atoms with Crippen LogP contribution in [-0.4, -0.2) is 24.1 Å². The number of hydrogen-bond acceptors (Lipinski definition) is 4. The molecule has 4 heteroatoms. The summed E-state index contributed by atoms with van der Waals surface area (Å²) in [6.45, 7) is 0. The van der Waals surface area contributed by atoms with E-state index in [2.05, 4.69) is 9.72 Å². The number of nitrogens with zero attached hydrogens (tertiary/aromatic N) is 1. The third-order valence-electron chi connectivity index (χ3n) is 3.01. The molecule has 0 aromatic carbocycles. The van der Waals surface area contributed by atoms with Gasteiger partial charge in [0.05, 0.1) is 7.11 Å². The summed E-state index contributed by atoms with van der Waals surface area (Å²) in [5.74, 6) is -0.363. The number of hydrogen-bond donors (Lipinski definition) is 1. The minimum atomic E-state index is -0.600. The van der Waals surface area contributed by atoms with E-state index >= 15 is 0 Å². The molecule has 1 aromatic heterocycles. The molecule has 15 heavy (non-hydrogen) atoms. The van der Waals surface area contributed by atoms with E-state index in [1.54, 1.807) is 6.20 Å². The van der Waals surface area contributed by atoms with Gasteiger partial charge in [-0.1, -0.05) is 6.07 Å². The number of pyridine rings is 1.